The minimum atomic E-state index is -0.253. The van der Waals surface area contributed by atoms with Gasteiger partial charge in [-0.2, -0.15) is 4.98 Å². The molecule has 28 heavy (non-hydrogen) atoms. The molecule has 0 unspecified atom stereocenters. The molecule has 0 N–H and O–H groups in total. The minimum absolute atomic E-state index is 0.253. The average molecular weight is 380 g/mol. The molecule has 0 aliphatic carbocycles. The number of fused-ring (bicyclic) bond motifs is 1. The molecule has 0 amide bonds. The van der Waals surface area contributed by atoms with Crippen LogP contribution in [0.25, 0.3) is 22.2 Å². The summed E-state index contributed by atoms with van der Waals surface area (Å²) in [7, 11) is 3.21. The van der Waals surface area contributed by atoms with Crippen LogP contribution in [0.3, 0.4) is 0 Å². The summed E-state index contributed by atoms with van der Waals surface area (Å²) in [5.74, 6) is 1.97. The third-order valence-electron chi connectivity index (χ3n) is 4.88. The molecular weight excluding hydrogens is 352 g/mol. The summed E-state index contributed by atoms with van der Waals surface area (Å²) in [5.41, 5.74) is 3.37. The molecule has 1 heterocycles. The molecule has 3 aromatic rings. The van der Waals surface area contributed by atoms with Crippen LogP contribution < -0.4 is 15.2 Å². The highest BCUT2D eigenvalue weighted by molar-refractivity contribution is 5.94. The van der Waals surface area contributed by atoms with Crippen LogP contribution in [0.4, 0.5) is 0 Å². The van der Waals surface area contributed by atoms with E-state index in [9.17, 15) is 4.79 Å². The Labute approximate surface area is 165 Å². The maximum atomic E-state index is 12.9. The number of methoxy groups -OCH3 is 2. The zero-order valence-electron chi connectivity index (χ0n) is 17.4. The number of benzene rings is 2. The van der Waals surface area contributed by atoms with Crippen molar-refractivity contribution in [3.63, 3.8) is 0 Å². The summed E-state index contributed by atoms with van der Waals surface area (Å²) in [5, 5.41) is 0.871. The zero-order valence-corrected chi connectivity index (χ0v) is 17.4. The number of nitrogens with zero attached hydrogens (tertiary/aromatic N) is 2. The lowest BCUT2D eigenvalue weighted by Gasteiger charge is -2.17. The van der Waals surface area contributed by atoms with E-state index in [0.29, 0.717) is 35.6 Å². The summed E-state index contributed by atoms with van der Waals surface area (Å²) in [6.07, 6.45) is 0. The van der Waals surface area contributed by atoms with E-state index in [1.807, 2.05) is 24.3 Å². The van der Waals surface area contributed by atoms with E-state index in [-0.39, 0.29) is 5.69 Å². The first-order chi connectivity index (χ1) is 13.3. The van der Waals surface area contributed by atoms with Gasteiger partial charge in [0, 0.05) is 23.6 Å². The van der Waals surface area contributed by atoms with Gasteiger partial charge in [0.2, 0.25) is 0 Å². The largest absolute Gasteiger partial charge is 0.493 e. The second kappa shape index (κ2) is 8.05. The highest BCUT2D eigenvalue weighted by Gasteiger charge is 2.17. The van der Waals surface area contributed by atoms with Crippen LogP contribution >= 0.6 is 0 Å². The van der Waals surface area contributed by atoms with E-state index in [2.05, 4.69) is 44.8 Å². The smallest absolute Gasteiger partial charge is 0.348 e. The Balaban J connectivity index is 2.32. The Morgan fingerprint density at radius 3 is 2.11 bits per heavy atom. The summed E-state index contributed by atoms with van der Waals surface area (Å²) in [6.45, 7) is 9.07. The lowest BCUT2D eigenvalue weighted by atomic mass is 9.99. The van der Waals surface area contributed by atoms with Gasteiger partial charge in [0.05, 0.1) is 25.4 Å². The van der Waals surface area contributed by atoms with Gasteiger partial charge in [-0.1, -0.05) is 52.0 Å². The van der Waals surface area contributed by atoms with Crippen molar-refractivity contribution in [3.8, 4) is 22.8 Å². The number of rotatable bonds is 6. The van der Waals surface area contributed by atoms with E-state index in [1.165, 1.54) is 5.56 Å². The molecule has 0 saturated heterocycles. The molecule has 5 heteroatoms. The van der Waals surface area contributed by atoms with Gasteiger partial charge in [0.15, 0.2) is 11.5 Å². The van der Waals surface area contributed by atoms with Crippen LogP contribution in [-0.4, -0.2) is 23.8 Å². The van der Waals surface area contributed by atoms with Gasteiger partial charge in [-0.25, -0.2) is 4.79 Å². The molecule has 0 fully saturated rings. The summed E-state index contributed by atoms with van der Waals surface area (Å²) >= 11 is 0. The molecule has 3 rings (SSSR count). The van der Waals surface area contributed by atoms with Gasteiger partial charge in [0.25, 0.3) is 0 Å². The van der Waals surface area contributed by atoms with Crippen molar-refractivity contribution in [2.75, 3.05) is 14.2 Å². The minimum Gasteiger partial charge on any atom is -0.493 e. The van der Waals surface area contributed by atoms with Gasteiger partial charge in [0.1, 0.15) is 0 Å². The van der Waals surface area contributed by atoms with Crippen molar-refractivity contribution in [3.05, 3.63) is 52.4 Å². The second-order valence-electron chi connectivity index (χ2n) is 7.75. The molecule has 0 bridgehead atoms. The van der Waals surface area contributed by atoms with Crippen molar-refractivity contribution in [1.29, 1.82) is 0 Å². The highest BCUT2D eigenvalue weighted by Crippen LogP contribution is 2.36. The second-order valence-corrected chi connectivity index (χ2v) is 7.75. The molecule has 5 nitrogen and oxygen atoms in total. The van der Waals surface area contributed by atoms with Crippen LogP contribution in [0.5, 0.6) is 11.5 Å². The number of aromatic nitrogens is 2. The van der Waals surface area contributed by atoms with E-state index >= 15 is 0 Å². The molecule has 0 spiro atoms. The fourth-order valence-electron chi connectivity index (χ4n) is 3.39. The molecular formula is C23H28N2O3. The molecule has 1 aromatic heterocycles. The maximum Gasteiger partial charge on any atom is 0.348 e. The standard InChI is InChI=1S/C23H28N2O3/c1-14(2)13-25-19-12-21(28-6)20(27-5)11-18(19)22(24-23(25)26)17-9-7-16(8-10-17)15(3)4/h7-12,14-15H,13H2,1-6H3. The first-order valence-electron chi connectivity index (χ1n) is 9.62. The van der Waals surface area contributed by atoms with Crippen LogP contribution in [0.1, 0.15) is 39.2 Å². The number of ether oxygens (including phenoxy) is 2. The third kappa shape index (κ3) is 3.75. The SMILES string of the molecule is COc1cc2c(-c3ccc(C(C)C)cc3)nc(=O)n(CC(C)C)c2cc1OC. The predicted octanol–water partition coefficient (Wildman–Crippen LogP) is 4.86. The van der Waals surface area contributed by atoms with E-state index < -0.39 is 0 Å². The van der Waals surface area contributed by atoms with Crippen LogP contribution in [0.15, 0.2) is 41.2 Å². The Bertz CT molecular complexity index is 1030. The monoisotopic (exact) mass is 380 g/mol. The van der Waals surface area contributed by atoms with Crippen molar-refractivity contribution in [1.82, 2.24) is 9.55 Å². The van der Waals surface area contributed by atoms with Gasteiger partial charge >= 0.3 is 5.69 Å². The summed E-state index contributed by atoms with van der Waals surface area (Å²) in [4.78, 5) is 17.3. The summed E-state index contributed by atoms with van der Waals surface area (Å²) in [6, 6.07) is 12.0. The van der Waals surface area contributed by atoms with E-state index in [4.69, 9.17) is 9.47 Å². The molecule has 0 aliphatic rings. The van der Waals surface area contributed by atoms with Crippen LogP contribution in [0, 0.1) is 5.92 Å². The van der Waals surface area contributed by atoms with Crippen molar-refractivity contribution < 1.29 is 9.47 Å². The molecule has 0 atom stereocenters. The fraction of sp³-hybridized carbons (Fsp3) is 0.391. The van der Waals surface area contributed by atoms with Crippen LogP contribution in [0.2, 0.25) is 0 Å². The highest BCUT2D eigenvalue weighted by atomic mass is 16.5. The molecule has 0 radical (unpaired) electrons. The normalized spacial score (nSPS) is 11.4. The van der Waals surface area contributed by atoms with Crippen molar-refractivity contribution in [2.45, 2.75) is 40.2 Å². The topological polar surface area (TPSA) is 53.3 Å². The maximum absolute atomic E-state index is 12.9. The first kappa shape index (κ1) is 19.9. The van der Waals surface area contributed by atoms with Crippen molar-refractivity contribution >= 4 is 10.9 Å². The fourth-order valence-corrected chi connectivity index (χ4v) is 3.39. The van der Waals surface area contributed by atoms with Gasteiger partial charge < -0.3 is 9.47 Å². The van der Waals surface area contributed by atoms with Gasteiger partial charge in [-0.3, -0.25) is 4.57 Å². The van der Waals surface area contributed by atoms with E-state index in [1.54, 1.807) is 18.8 Å². The molecule has 2 aromatic carbocycles. The predicted molar refractivity (Wildman–Crippen MR) is 113 cm³/mol. The number of hydrogen-bond donors (Lipinski definition) is 0. The van der Waals surface area contributed by atoms with Gasteiger partial charge in [-0.05, 0) is 23.5 Å². The van der Waals surface area contributed by atoms with E-state index in [0.717, 1.165) is 16.5 Å². The third-order valence-corrected chi connectivity index (χ3v) is 4.88. The lowest BCUT2D eigenvalue weighted by molar-refractivity contribution is 0.355. The Morgan fingerprint density at radius 2 is 1.57 bits per heavy atom. The van der Waals surface area contributed by atoms with Crippen LogP contribution in [-0.2, 0) is 6.54 Å². The Hall–Kier alpha value is -2.82. The molecule has 0 aliphatic heterocycles. The Morgan fingerprint density at radius 1 is 0.964 bits per heavy atom. The van der Waals surface area contributed by atoms with Crippen molar-refractivity contribution in [2.24, 2.45) is 5.92 Å². The quantitative estimate of drug-likeness (QED) is 0.613. The lowest BCUT2D eigenvalue weighted by Crippen LogP contribution is -2.26. The Kier molecular flexibility index (Phi) is 5.73. The molecule has 0 saturated carbocycles. The average Bonchev–Trinajstić information content (AvgIpc) is 2.68. The first-order valence-corrected chi connectivity index (χ1v) is 9.62. The van der Waals surface area contributed by atoms with Gasteiger partial charge in [-0.15, -0.1) is 0 Å². The zero-order chi connectivity index (χ0) is 20.4. The molecule has 148 valence electrons. The number of hydrogen-bond acceptors (Lipinski definition) is 4. The summed E-state index contributed by atoms with van der Waals surface area (Å²) < 4.78 is 12.7.